The molecule has 0 saturated carbocycles. The molecule has 0 unspecified atom stereocenters. The van der Waals surface area contributed by atoms with Gasteiger partial charge in [-0.25, -0.2) is 0 Å². The van der Waals surface area contributed by atoms with Gasteiger partial charge in [0.1, 0.15) is 0 Å². The van der Waals surface area contributed by atoms with Crippen molar-refractivity contribution in [3.63, 3.8) is 0 Å². The third kappa shape index (κ3) is 2.93. The molecule has 0 aliphatic rings. The van der Waals surface area contributed by atoms with E-state index in [2.05, 4.69) is 4.74 Å². The van der Waals surface area contributed by atoms with Gasteiger partial charge in [0.2, 0.25) is 0 Å². The molecule has 0 aliphatic carbocycles. The van der Waals surface area contributed by atoms with Gasteiger partial charge in [-0.15, -0.1) is 0 Å². The number of hydrogen-bond donors (Lipinski definition) is 2. The number of rotatable bonds is 6. The van der Waals surface area contributed by atoms with Crippen molar-refractivity contribution >= 4 is 17.9 Å². The Morgan fingerprint density at radius 1 is 1.13 bits per heavy atom. The predicted molar refractivity (Wildman–Crippen MR) is 49.2 cm³/mol. The van der Waals surface area contributed by atoms with Crippen LogP contribution < -0.4 is 0 Å². The highest BCUT2D eigenvalue weighted by atomic mass is 16.5. The number of carboxylic acids is 2. The summed E-state index contributed by atoms with van der Waals surface area (Å²) in [7, 11) is 0. The van der Waals surface area contributed by atoms with Crippen LogP contribution in [0.2, 0.25) is 0 Å². The molecule has 6 nitrogen and oxygen atoms in total. The molecule has 0 aromatic rings. The third-order valence-electron chi connectivity index (χ3n) is 2.17. The van der Waals surface area contributed by atoms with E-state index in [1.807, 2.05) is 0 Å². The fourth-order valence-electron chi connectivity index (χ4n) is 1.13. The van der Waals surface area contributed by atoms with Crippen LogP contribution in [-0.2, 0) is 19.1 Å². The maximum atomic E-state index is 11.1. The lowest BCUT2D eigenvalue weighted by atomic mass is 9.82. The molecule has 0 aromatic carbocycles. The minimum Gasteiger partial charge on any atom is -0.480 e. The zero-order valence-electron chi connectivity index (χ0n) is 8.65. The van der Waals surface area contributed by atoms with Crippen LogP contribution >= 0.6 is 0 Å². The van der Waals surface area contributed by atoms with E-state index in [0.717, 1.165) is 0 Å². The SMILES string of the molecule is CCOC(=O)CC(CC)(C(=O)O)C(=O)O. The Morgan fingerprint density at radius 2 is 1.60 bits per heavy atom. The number of aliphatic carboxylic acids is 2. The molecule has 0 atom stereocenters. The maximum absolute atomic E-state index is 11.1. The summed E-state index contributed by atoms with van der Waals surface area (Å²) in [5, 5.41) is 17.6. The summed E-state index contributed by atoms with van der Waals surface area (Å²) >= 11 is 0. The van der Waals surface area contributed by atoms with E-state index in [4.69, 9.17) is 10.2 Å². The molecule has 2 N–H and O–H groups in total. The minimum absolute atomic E-state index is 0.0951. The first kappa shape index (κ1) is 13.4. The Bertz CT molecular complexity index is 256. The average molecular weight is 218 g/mol. The molecule has 0 fully saturated rings. The monoisotopic (exact) mass is 218 g/mol. The second-order valence-electron chi connectivity index (χ2n) is 3.03. The highest BCUT2D eigenvalue weighted by Gasteiger charge is 2.47. The third-order valence-corrected chi connectivity index (χ3v) is 2.17. The van der Waals surface area contributed by atoms with Crippen LogP contribution in [0.15, 0.2) is 0 Å². The van der Waals surface area contributed by atoms with Crippen molar-refractivity contribution in [1.82, 2.24) is 0 Å². The number of esters is 1. The second-order valence-corrected chi connectivity index (χ2v) is 3.03. The van der Waals surface area contributed by atoms with Gasteiger partial charge >= 0.3 is 17.9 Å². The molecule has 0 radical (unpaired) electrons. The van der Waals surface area contributed by atoms with Gasteiger partial charge < -0.3 is 14.9 Å². The molecule has 0 bridgehead atoms. The summed E-state index contributed by atoms with van der Waals surface area (Å²) in [6.07, 6.45) is -0.821. The lowest BCUT2D eigenvalue weighted by molar-refractivity contribution is -0.171. The van der Waals surface area contributed by atoms with Crippen molar-refractivity contribution in [2.75, 3.05) is 6.61 Å². The summed E-state index contributed by atoms with van der Waals surface area (Å²) in [5.41, 5.74) is -2.08. The summed E-state index contributed by atoms with van der Waals surface area (Å²) in [4.78, 5) is 32.8. The number of carbonyl (C=O) groups is 3. The molecule has 86 valence electrons. The van der Waals surface area contributed by atoms with Crippen LogP contribution in [0.5, 0.6) is 0 Å². The van der Waals surface area contributed by atoms with Gasteiger partial charge in [-0.2, -0.15) is 0 Å². The molecule has 0 spiro atoms. The molecule has 0 aromatic heterocycles. The summed E-state index contributed by atoms with van der Waals surface area (Å²) in [6.45, 7) is 3.06. The fraction of sp³-hybridized carbons (Fsp3) is 0.667. The fourth-order valence-corrected chi connectivity index (χ4v) is 1.13. The summed E-state index contributed by atoms with van der Waals surface area (Å²) < 4.78 is 4.53. The van der Waals surface area contributed by atoms with Gasteiger partial charge in [0.05, 0.1) is 13.0 Å². The highest BCUT2D eigenvalue weighted by molar-refractivity contribution is 6.01. The van der Waals surface area contributed by atoms with Gasteiger partial charge in [0, 0.05) is 0 Å². The highest BCUT2D eigenvalue weighted by Crippen LogP contribution is 2.27. The van der Waals surface area contributed by atoms with Crippen LogP contribution in [0, 0.1) is 5.41 Å². The molecular weight excluding hydrogens is 204 g/mol. The zero-order valence-corrected chi connectivity index (χ0v) is 8.65. The van der Waals surface area contributed by atoms with Gasteiger partial charge in [-0.3, -0.25) is 14.4 Å². The Hall–Kier alpha value is -1.59. The van der Waals surface area contributed by atoms with Crippen LogP contribution in [0.25, 0.3) is 0 Å². The van der Waals surface area contributed by atoms with Crippen LogP contribution in [-0.4, -0.2) is 34.7 Å². The quantitative estimate of drug-likeness (QED) is 0.497. The van der Waals surface area contributed by atoms with E-state index in [1.165, 1.54) is 6.92 Å². The van der Waals surface area contributed by atoms with Gasteiger partial charge in [0.25, 0.3) is 0 Å². The number of carboxylic acid groups (broad SMARTS) is 2. The lowest BCUT2D eigenvalue weighted by Gasteiger charge is -2.21. The number of carbonyl (C=O) groups excluding carboxylic acids is 1. The topological polar surface area (TPSA) is 101 Å². The molecule has 0 heterocycles. The zero-order chi connectivity index (χ0) is 12.1. The lowest BCUT2D eigenvalue weighted by Crippen LogP contribution is -2.41. The largest absolute Gasteiger partial charge is 0.480 e. The van der Waals surface area contributed by atoms with Crippen LogP contribution in [0.1, 0.15) is 26.7 Å². The average Bonchev–Trinajstić information content (AvgIpc) is 2.13. The molecule has 15 heavy (non-hydrogen) atoms. The summed E-state index contributed by atoms with van der Waals surface area (Å²) in [5.74, 6) is -3.86. The standard InChI is InChI=1S/C9H14O6/c1-3-9(7(11)12,8(13)14)5-6(10)15-4-2/h3-5H2,1-2H3,(H,11,12)(H,13,14). The van der Waals surface area contributed by atoms with Crippen molar-refractivity contribution < 1.29 is 29.3 Å². The van der Waals surface area contributed by atoms with Crippen LogP contribution in [0.4, 0.5) is 0 Å². The Morgan fingerprint density at radius 3 is 1.87 bits per heavy atom. The molecule has 6 heteroatoms. The van der Waals surface area contributed by atoms with E-state index in [0.29, 0.717) is 0 Å². The van der Waals surface area contributed by atoms with E-state index in [9.17, 15) is 14.4 Å². The van der Waals surface area contributed by atoms with E-state index in [1.54, 1.807) is 6.92 Å². The normalized spacial score (nSPS) is 10.8. The van der Waals surface area contributed by atoms with Crippen molar-refractivity contribution in [1.29, 1.82) is 0 Å². The number of hydrogen-bond acceptors (Lipinski definition) is 4. The first-order valence-corrected chi connectivity index (χ1v) is 4.53. The van der Waals surface area contributed by atoms with E-state index >= 15 is 0 Å². The molecule has 0 aliphatic heterocycles. The van der Waals surface area contributed by atoms with E-state index < -0.39 is 29.7 Å². The molecule has 0 rings (SSSR count). The summed E-state index contributed by atoms with van der Waals surface area (Å²) in [6, 6.07) is 0. The predicted octanol–water partition coefficient (Wildman–Crippen LogP) is 0.505. The second kappa shape index (κ2) is 5.33. The van der Waals surface area contributed by atoms with Gasteiger partial charge in [0.15, 0.2) is 5.41 Å². The first-order chi connectivity index (χ1) is 6.90. The van der Waals surface area contributed by atoms with Gasteiger partial charge in [-0.1, -0.05) is 6.92 Å². The maximum Gasteiger partial charge on any atom is 0.321 e. The minimum atomic E-state index is -2.08. The smallest absolute Gasteiger partial charge is 0.321 e. The van der Waals surface area contributed by atoms with Crippen molar-refractivity contribution in [3.05, 3.63) is 0 Å². The Balaban J connectivity index is 4.86. The number of ether oxygens (including phenoxy) is 1. The molecular formula is C9H14O6. The Labute approximate surface area is 86.8 Å². The van der Waals surface area contributed by atoms with Crippen molar-refractivity contribution in [2.45, 2.75) is 26.7 Å². The first-order valence-electron chi connectivity index (χ1n) is 4.53. The van der Waals surface area contributed by atoms with Crippen molar-refractivity contribution in [2.24, 2.45) is 5.41 Å². The van der Waals surface area contributed by atoms with Crippen molar-refractivity contribution in [3.8, 4) is 0 Å². The Kier molecular flexibility index (Phi) is 4.77. The van der Waals surface area contributed by atoms with Crippen LogP contribution in [0.3, 0.4) is 0 Å². The van der Waals surface area contributed by atoms with Gasteiger partial charge in [-0.05, 0) is 13.3 Å². The van der Waals surface area contributed by atoms with E-state index in [-0.39, 0.29) is 13.0 Å². The molecule has 0 saturated heterocycles. The molecule has 0 amide bonds.